The lowest BCUT2D eigenvalue weighted by Gasteiger charge is -2.25. The molecule has 0 spiro atoms. The zero-order valence-electron chi connectivity index (χ0n) is 15.0. The largest absolute Gasteiger partial charge is 0.480 e. The number of amides is 1. The van der Waals surface area contributed by atoms with E-state index in [0.29, 0.717) is 5.69 Å². The number of pyridine rings is 1. The third-order valence-corrected chi connectivity index (χ3v) is 4.88. The molecule has 1 aromatic carbocycles. The summed E-state index contributed by atoms with van der Waals surface area (Å²) in [4.78, 5) is 30.1. The summed E-state index contributed by atoms with van der Waals surface area (Å²) in [5, 5.41) is 18.5. The molecule has 8 heteroatoms. The Morgan fingerprint density at radius 2 is 2.07 bits per heavy atom. The molecule has 8 nitrogen and oxygen atoms in total. The zero-order valence-corrected chi connectivity index (χ0v) is 15.0. The molecule has 0 bridgehead atoms. The number of fused-ring (bicyclic) bond motifs is 1. The van der Waals surface area contributed by atoms with Crippen molar-refractivity contribution in [2.45, 2.75) is 38.8 Å². The van der Waals surface area contributed by atoms with Crippen LogP contribution in [0.5, 0.6) is 0 Å². The highest BCUT2D eigenvalue weighted by Gasteiger charge is 2.40. The molecule has 1 unspecified atom stereocenters. The van der Waals surface area contributed by atoms with Crippen LogP contribution in [0.4, 0.5) is 0 Å². The lowest BCUT2D eigenvalue weighted by atomic mass is 10.2. The first-order valence-electron chi connectivity index (χ1n) is 8.80. The molecule has 1 saturated carbocycles. The summed E-state index contributed by atoms with van der Waals surface area (Å²) in [7, 11) is 0. The summed E-state index contributed by atoms with van der Waals surface area (Å²) in [5.74, 6) is -1.42. The summed E-state index contributed by atoms with van der Waals surface area (Å²) in [5.41, 5.74) is 2.39. The summed E-state index contributed by atoms with van der Waals surface area (Å²) in [6, 6.07) is 8.54. The topological polar surface area (TPSA) is 101 Å². The van der Waals surface area contributed by atoms with Gasteiger partial charge in [-0.2, -0.15) is 0 Å². The Labute approximate surface area is 155 Å². The molecule has 1 aliphatic carbocycles. The van der Waals surface area contributed by atoms with Crippen molar-refractivity contribution in [3.63, 3.8) is 0 Å². The Hall–Kier alpha value is -3.29. The number of rotatable bonds is 5. The Morgan fingerprint density at radius 3 is 2.78 bits per heavy atom. The van der Waals surface area contributed by atoms with E-state index in [1.54, 1.807) is 17.8 Å². The van der Waals surface area contributed by atoms with Crippen molar-refractivity contribution in [3.8, 4) is 5.69 Å². The van der Waals surface area contributed by atoms with Gasteiger partial charge in [0.25, 0.3) is 5.91 Å². The summed E-state index contributed by atoms with van der Waals surface area (Å²) < 4.78 is 1.59. The molecule has 1 aliphatic rings. The fourth-order valence-electron chi connectivity index (χ4n) is 3.22. The third kappa shape index (κ3) is 3.03. The second-order valence-corrected chi connectivity index (χ2v) is 6.77. The first kappa shape index (κ1) is 17.1. The number of hydrogen-bond donors (Lipinski definition) is 1. The van der Waals surface area contributed by atoms with Gasteiger partial charge in [0.15, 0.2) is 5.69 Å². The molecule has 1 amide bonds. The van der Waals surface area contributed by atoms with E-state index in [2.05, 4.69) is 15.3 Å². The van der Waals surface area contributed by atoms with Crippen LogP contribution in [0, 0.1) is 6.92 Å². The highest BCUT2D eigenvalue weighted by Crippen LogP contribution is 2.30. The number of aliphatic carboxylic acids is 1. The Morgan fingerprint density at radius 1 is 1.30 bits per heavy atom. The molecule has 27 heavy (non-hydrogen) atoms. The van der Waals surface area contributed by atoms with Crippen molar-refractivity contribution in [1.82, 2.24) is 24.9 Å². The van der Waals surface area contributed by atoms with Crippen molar-refractivity contribution in [3.05, 3.63) is 47.9 Å². The fraction of sp³-hybridized carbons (Fsp3) is 0.316. The van der Waals surface area contributed by atoms with Gasteiger partial charge in [-0.25, -0.2) is 9.48 Å². The Bertz CT molecular complexity index is 1040. The molecule has 0 radical (unpaired) electrons. The number of carboxylic acid groups (broad SMARTS) is 1. The van der Waals surface area contributed by atoms with Crippen molar-refractivity contribution in [2.24, 2.45) is 0 Å². The average Bonchev–Trinajstić information content (AvgIpc) is 3.42. The number of nitrogens with zero attached hydrogens (tertiary/aromatic N) is 5. The second-order valence-electron chi connectivity index (χ2n) is 6.77. The van der Waals surface area contributed by atoms with Gasteiger partial charge in [0.1, 0.15) is 6.04 Å². The maximum atomic E-state index is 13.0. The predicted molar refractivity (Wildman–Crippen MR) is 97.7 cm³/mol. The number of carboxylic acids is 1. The molecule has 0 aliphatic heterocycles. The van der Waals surface area contributed by atoms with E-state index in [0.717, 1.165) is 29.4 Å². The first-order chi connectivity index (χ1) is 13.0. The van der Waals surface area contributed by atoms with Crippen LogP contribution in [0.15, 0.2) is 36.5 Å². The van der Waals surface area contributed by atoms with Gasteiger partial charge in [-0.15, -0.1) is 5.10 Å². The average molecular weight is 365 g/mol. The summed E-state index contributed by atoms with van der Waals surface area (Å²) >= 11 is 0. The van der Waals surface area contributed by atoms with Gasteiger partial charge in [0, 0.05) is 17.6 Å². The van der Waals surface area contributed by atoms with Gasteiger partial charge < -0.3 is 10.0 Å². The maximum Gasteiger partial charge on any atom is 0.326 e. The monoisotopic (exact) mass is 365 g/mol. The van der Waals surface area contributed by atoms with E-state index >= 15 is 0 Å². The molecule has 1 N–H and O–H groups in total. The number of carbonyl (C=O) groups excluding carboxylic acids is 1. The maximum absolute atomic E-state index is 13.0. The molecular formula is C19H19N5O3. The second kappa shape index (κ2) is 6.46. The van der Waals surface area contributed by atoms with Crippen LogP contribution in [-0.2, 0) is 4.79 Å². The Kier molecular flexibility index (Phi) is 4.10. The molecular weight excluding hydrogens is 346 g/mol. The quantitative estimate of drug-likeness (QED) is 0.744. The van der Waals surface area contributed by atoms with E-state index in [4.69, 9.17) is 0 Å². The lowest BCUT2D eigenvalue weighted by Crippen LogP contribution is -2.45. The molecule has 1 atom stereocenters. The smallest absolute Gasteiger partial charge is 0.326 e. The molecule has 3 aromatic rings. The minimum absolute atomic E-state index is 0.0418. The van der Waals surface area contributed by atoms with Crippen molar-refractivity contribution >= 4 is 22.8 Å². The number of benzene rings is 1. The fourth-order valence-corrected chi connectivity index (χ4v) is 3.22. The number of carbonyl (C=O) groups is 2. The van der Waals surface area contributed by atoms with Gasteiger partial charge in [-0.05, 0) is 51.0 Å². The molecule has 138 valence electrons. The minimum Gasteiger partial charge on any atom is -0.480 e. The van der Waals surface area contributed by atoms with E-state index < -0.39 is 17.9 Å². The minimum atomic E-state index is -1.03. The van der Waals surface area contributed by atoms with Crippen molar-refractivity contribution < 1.29 is 14.7 Å². The van der Waals surface area contributed by atoms with Crippen LogP contribution < -0.4 is 0 Å². The van der Waals surface area contributed by atoms with Crippen LogP contribution in [0.3, 0.4) is 0 Å². The van der Waals surface area contributed by atoms with Gasteiger partial charge >= 0.3 is 5.97 Å². The SMILES string of the molecule is Cc1c(C(=O)N(C2CC2)C(C)C(=O)O)nnn1-c1ccc2ncccc2c1. The van der Waals surface area contributed by atoms with Crippen LogP contribution in [-0.4, -0.2) is 53.9 Å². The number of aromatic nitrogens is 4. The predicted octanol–water partition coefficient (Wildman–Crippen LogP) is 2.20. The van der Waals surface area contributed by atoms with E-state index in [1.807, 2.05) is 30.3 Å². The van der Waals surface area contributed by atoms with Gasteiger partial charge in [0.2, 0.25) is 0 Å². The van der Waals surface area contributed by atoms with Crippen molar-refractivity contribution in [1.29, 1.82) is 0 Å². The van der Waals surface area contributed by atoms with E-state index in [1.165, 1.54) is 11.8 Å². The molecule has 2 aromatic heterocycles. The third-order valence-electron chi connectivity index (χ3n) is 4.88. The lowest BCUT2D eigenvalue weighted by molar-refractivity contribution is -0.141. The van der Waals surface area contributed by atoms with Crippen LogP contribution in [0.2, 0.25) is 0 Å². The van der Waals surface area contributed by atoms with Gasteiger partial charge in [-0.3, -0.25) is 9.78 Å². The van der Waals surface area contributed by atoms with Crippen LogP contribution in [0.1, 0.15) is 35.9 Å². The number of hydrogen-bond acceptors (Lipinski definition) is 5. The molecule has 1 fully saturated rings. The van der Waals surface area contributed by atoms with Crippen molar-refractivity contribution in [2.75, 3.05) is 0 Å². The van der Waals surface area contributed by atoms with Crippen LogP contribution >= 0.6 is 0 Å². The molecule has 2 heterocycles. The van der Waals surface area contributed by atoms with E-state index in [9.17, 15) is 14.7 Å². The summed E-state index contributed by atoms with van der Waals surface area (Å²) in [6.45, 7) is 3.28. The van der Waals surface area contributed by atoms with Gasteiger partial charge in [0.05, 0.1) is 16.9 Å². The van der Waals surface area contributed by atoms with Crippen LogP contribution in [0.25, 0.3) is 16.6 Å². The van der Waals surface area contributed by atoms with E-state index in [-0.39, 0.29) is 11.7 Å². The summed E-state index contributed by atoms with van der Waals surface area (Å²) in [6.07, 6.45) is 3.36. The molecule has 4 rings (SSSR count). The highest BCUT2D eigenvalue weighted by molar-refractivity contribution is 5.96. The Balaban J connectivity index is 1.70. The zero-order chi connectivity index (χ0) is 19.1. The first-order valence-corrected chi connectivity index (χ1v) is 8.80. The normalized spacial score (nSPS) is 14.9. The standard InChI is InChI=1S/C19H19N5O3/c1-11-17(18(25)23(14-5-6-14)12(2)19(26)27)21-22-24(11)15-7-8-16-13(10-15)4-3-9-20-16/h3-4,7-10,12,14H,5-6H2,1-2H3,(H,26,27). The van der Waals surface area contributed by atoms with Gasteiger partial charge in [-0.1, -0.05) is 11.3 Å². The highest BCUT2D eigenvalue weighted by atomic mass is 16.4. The molecule has 0 saturated heterocycles.